The van der Waals surface area contributed by atoms with Gasteiger partial charge in [0.2, 0.25) is 0 Å². The summed E-state index contributed by atoms with van der Waals surface area (Å²) in [6.45, 7) is 6.21. The number of ether oxygens (including phenoxy) is 2. The fourth-order valence-electron chi connectivity index (χ4n) is 7.84. The SMILES string of the molecule is CCn1c2ccccc2c2cc(/C=N\NC(=O)c3sc(C(=O)N/N=C\c4ccc5c(c4)c4ccccc4n5CC)c(OCc4ccccc4)c3OCc3ccccc3)ccc21. The third-order valence-electron chi connectivity index (χ3n) is 10.7. The molecule has 9 rings (SSSR count). The topological polar surface area (TPSA) is 111 Å². The maximum atomic E-state index is 14.1. The number of benzene rings is 6. The van der Waals surface area contributed by atoms with E-state index in [0.717, 1.165) is 90.3 Å². The Morgan fingerprint density at radius 3 is 1.34 bits per heavy atom. The van der Waals surface area contributed by atoms with E-state index in [2.05, 4.69) is 92.6 Å². The van der Waals surface area contributed by atoms with Gasteiger partial charge in [-0.05, 0) is 72.5 Å². The first kappa shape index (κ1) is 39.0. The van der Waals surface area contributed by atoms with Gasteiger partial charge in [0.1, 0.15) is 23.0 Å². The number of nitrogens with zero attached hydrogens (tertiary/aromatic N) is 4. The van der Waals surface area contributed by atoms with Crippen molar-refractivity contribution in [2.45, 2.75) is 40.2 Å². The molecular formula is C50H42N6O4S. The predicted molar refractivity (Wildman–Crippen MR) is 246 cm³/mol. The number of para-hydroxylation sites is 2. The van der Waals surface area contributed by atoms with E-state index in [0.29, 0.717) is 0 Å². The van der Waals surface area contributed by atoms with Gasteiger partial charge >= 0.3 is 0 Å². The van der Waals surface area contributed by atoms with Crippen molar-refractivity contribution in [2.75, 3.05) is 0 Å². The van der Waals surface area contributed by atoms with Crippen molar-refractivity contribution >= 4 is 79.2 Å². The zero-order chi connectivity index (χ0) is 41.7. The Labute approximate surface area is 356 Å². The Morgan fingerprint density at radius 2 is 0.918 bits per heavy atom. The number of fused-ring (bicyclic) bond motifs is 6. The van der Waals surface area contributed by atoms with Crippen LogP contribution in [-0.4, -0.2) is 33.4 Å². The molecule has 61 heavy (non-hydrogen) atoms. The number of amides is 2. The van der Waals surface area contributed by atoms with Crippen LogP contribution >= 0.6 is 11.3 Å². The number of hydrogen-bond donors (Lipinski definition) is 2. The van der Waals surface area contributed by atoms with Crippen molar-refractivity contribution in [1.82, 2.24) is 20.0 Å². The minimum Gasteiger partial charge on any atom is -0.483 e. The van der Waals surface area contributed by atoms with E-state index in [1.54, 1.807) is 12.4 Å². The van der Waals surface area contributed by atoms with Gasteiger partial charge in [-0.2, -0.15) is 10.2 Å². The van der Waals surface area contributed by atoms with E-state index in [1.807, 2.05) is 97.1 Å². The van der Waals surface area contributed by atoms with Gasteiger partial charge in [-0.25, -0.2) is 10.9 Å². The molecule has 6 aromatic carbocycles. The Kier molecular flexibility index (Phi) is 11.1. The van der Waals surface area contributed by atoms with Gasteiger partial charge in [-0.15, -0.1) is 11.3 Å². The molecule has 9 aromatic rings. The summed E-state index contributed by atoms with van der Waals surface area (Å²) in [6, 6.07) is 48.1. The number of hydrazone groups is 2. The molecule has 0 saturated carbocycles. The average Bonchev–Trinajstić information content (AvgIpc) is 3.95. The first-order chi connectivity index (χ1) is 30.0. The number of carbonyl (C=O) groups is 2. The Bertz CT molecular complexity index is 2900. The summed E-state index contributed by atoms with van der Waals surface area (Å²) in [5.74, 6) is -0.837. The fraction of sp³-hybridized carbons (Fsp3) is 0.120. The lowest BCUT2D eigenvalue weighted by Gasteiger charge is -2.12. The van der Waals surface area contributed by atoms with Crippen LogP contribution in [0.2, 0.25) is 0 Å². The highest BCUT2D eigenvalue weighted by molar-refractivity contribution is 7.16. The molecule has 0 aliphatic heterocycles. The van der Waals surface area contributed by atoms with Crippen LogP contribution < -0.4 is 20.3 Å². The van der Waals surface area contributed by atoms with Crippen molar-refractivity contribution in [2.24, 2.45) is 10.2 Å². The van der Waals surface area contributed by atoms with Gasteiger partial charge in [0.25, 0.3) is 11.8 Å². The lowest BCUT2D eigenvalue weighted by molar-refractivity contribution is 0.0944. The summed E-state index contributed by atoms with van der Waals surface area (Å²) >= 11 is 0.955. The highest BCUT2D eigenvalue weighted by Gasteiger charge is 2.30. The number of thiophene rings is 1. The van der Waals surface area contributed by atoms with Gasteiger partial charge in [-0.1, -0.05) is 109 Å². The van der Waals surface area contributed by atoms with Crippen LogP contribution in [0, 0.1) is 0 Å². The molecule has 0 bridgehead atoms. The molecule has 10 nitrogen and oxygen atoms in total. The highest BCUT2D eigenvalue weighted by atomic mass is 32.1. The minimum absolute atomic E-state index is 0.129. The lowest BCUT2D eigenvalue weighted by atomic mass is 10.1. The number of aryl methyl sites for hydroxylation is 2. The summed E-state index contributed by atoms with van der Waals surface area (Å²) < 4.78 is 17.3. The molecular weight excluding hydrogens is 781 g/mol. The second-order valence-corrected chi connectivity index (χ2v) is 15.5. The summed E-state index contributed by atoms with van der Waals surface area (Å²) in [5.41, 5.74) is 13.3. The van der Waals surface area contributed by atoms with Gasteiger partial charge < -0.3 is 18.6 Å². The Hall–Kier alpha value is -7.50. The van der Waals surface area contributed by atoms with E-state index < -0.39 is 11.8 Å². The molecule has 0 radical (unpaired) electrons. The molecule has 11 heteroatoms. The number of carbonyl (C=O) groups excluding carboxylic acids is 2. The maximum absolute atomic E-state index is 14.1. The number of aromatic nitrogens is 2. The van der Waals surface area contributed by atoms with Crippen molar-refractivity contribution in [3.05, 3.63) is 178 Å². The number of rotatable bonds is 14. The maximum Gasteiger partial charge on any atom is 0.285 e. The van der Waals surface area contributed by atoms with Gasteiger partial charge in [-0.3, -0.25) is 9.59 Å². The van der Waals surface area contributed by atoms with Crippen molar-refractivity contribution in [1.29, 1.82) is 0 Å². The number of hydrogen-bond acceptors (Lipinski definition) is 7. The second kappa shape index (κ2) is 17.4. The van der Waals surface area contributed by atoms with Crippen molar-refractivity contribution < 1.29 is 19.1 Å². The molecule has 0 unspecified atom stereocenters. The van der Waals surface area contributed by atoms with E-state index >= 15 is 0 Å². The first-order valence-electron chi connectivity index (χ1n) is 20.2. The summed E-state index contributed by atoms with van der Waals surface area (Å²) in [6.07, 6.45) is 3.22. The smallest absolute Gasteiger partial charge is 0.285 e. The molecule has 0 spiro atoms. The Balaban J connectivity index is 1.02. The van der Waals surface area contributed by atoms with Crippen LogP contribution in [0.5, 0.6) is 11.5 Å². The van der Waals surface area contributed by atoms with Gasteiger partial charge in [0.15, 0.2) is 11.5 Å². The summed E-state index contributed by atoms with van der Waals surface area (Å²) in [4.78, 5) is 28.4. The third kappa shape index (κ3) is 7.86. The van der Waals surface area contributed by atoms with Crippen LogP contribution in [0.4, 0.5) is 0 Å². The Morgan fingerprint density at radius 1 is 0.525 bits per heavy atom. The third-order valence-corrected chi connectivity index (χ3v) is 11.8. The van der Waals surface area contributed by atoms with E-state index in [9.17, 15) is 9.59 Å². The first-order valence-corrected chi connectivity index (χ1v) is 21.0. The van der Waals surface area contributed by atoms with E-state index in [-0.39, 0.29) is 34.5 Å². The molecule has 2 amide bonds. The minimum atomic E-state index is -0.556. The van der Waals surface area contributed by atoms with Crippen LogP contribution in [0.3, 0.4) is 0 Å². The van der Waals surface area contributed by atoms with Crippen molar-refractivity contribution in [3.63, 3.8) is 0 Å². The molecule has 3 aromatic heterocycles. The van der Waals surface area contributed by atoms with Crippen molar-refractivity contribution in [3.8, 4) is 11.5 Å². The van der Waals surface area contributed by atoms with Gasteiger partial charge in [0, 0.05) is 56.7 Å². The van der Waals surface area contributed by atoms with Crippen LogP contribution in [-0.2, 0) is 26.3 Å². The van der Waals surface area contributed by atoms with Crippen LogP contribution in [0.25, 0.3) is 43.6 Å². The standard InChI is InChI=1S/C50H42N6O4S/c1-3-55-41-21-13-11-19-37(41)39-27-35(23-25-43(39)55)29-51-53-49(57)47-45(59-31-33-15-7-5-8-16-33)46(60-32-34-17-9-6-10-18-34)48(61-47)50(58)54-52-30-36-24-26-44-40(28-36)38-20-12-14-22-42(38)56(44)4-2/h5-30H,3-4,31-32H2,1-2H3,(H,53,57)(H,54,58)/b51-29-,52-30-. The summed E-state index contributed by atoms with van der Waals surface area (Å²) in [7, 11) is 0. The predicted octanol–water partition coefficient (Wildman–Crippen LogP) is 10.7. The van der Waals surface area contributed by atoms with Gasteiger partial charge in [0.05, 0.1) is 12.4 Å². The normalized spacial score (nSPS) is 11.7. The van der Waals surface area contributed by atoms with Crippen LogP contribution in [0.1, 0.15) is 55.4 Å². The molecule has 3 heterocycles. The fourth-order valence-corrected chi connectivity index (χ4v) is 8.81. The zero-order valence-electron chi connectivity index (χ0n) is 33.7. The number of nitrogens with one attached hydrogen (secondary N) is 2. The average molecular weight is 823 g/mol. The molecule has 0 aliphatic carbocycles. The second-order valence-electron chi connectivity index (χ2n) is 14.4. The van der Waals surface area contributed by atoms with E-state index in [1.165, 1.54) is 0 Å². The molecule has 0 saturated heterocycles. The highest BCUT2D eigenvalue weighted by Crippen LogP contribution is 2.43. The molecule has 302 valence electrons. The van der Waals surface area contributed by atoms with Crippen LogP contribution in [0.15, 0.2) is 156 Å². The van der Waals surface area contributed by atoms with E-state index in [4.69, 9.17) is 9.47 Å². The largest absolute Gasteiger partial charge is 0.483 e. The zero-order valence-corrected chi connectivity index (χ0v) is 34.5. The summed E-state index contributed by atoms with van der Waals surface area (Å²) in [5, 5.41) is 13.2. The monoisotopic (exact) mass is 822 g/mol. The molecule has 0 aliphatic rings. The lowest BCUT2D eigenvalue weighted by Crippen LogP contribution is -2.17. The molecule has 2 N–H and O–H groups in total. The quantitative estimate of drug-likeness (QED) is 0.0840. The molecule has 0 atom stereocenters. The molecule has 0 fully saturated rings.